The molecule has 1 fully saturated rings. The number of carbonyl (C=O) groups is 1. The number of amides is 1. The summed E-state index contributed by atoms with van der Waals surface area (Å²) < 4.78 is 0. The lowest BCUT2D eigenvalue weighted by molar-refractivity contribution is 0.0999. The quantitative estimate of drug-likeness (QED) is 0.776. The summed E-state index contributed by atoms with van der Waals surface area (Å²) in [5.41, 5.74) is 13.4. The molecule has 2 rings (SSSR count). The van der Waals surface area contributed by atoms with Crippen molar-refractivity contribution in [3.63, 3.8) is 0 Å². The Morgan fingerprint density at radius 1 is 1.32 bits per heavy atom. The summed E-state index contributed by atoms with van der Waals surface area (Å²) in [5.74, 6) is -0.431. The first-order valence-electron chi connectivity index (χ1n) is 6.47. The minimum Gasteiger partial charge on any atom is -0.397 e. The number of hydrogen-bond donors (Lipinski definition) is 2. The number of rotatable bonds is 2. The van der Waals surface area contributed by atoms with Crippen LogP contribution < -0.4 is 16.4 Å². The number of likely N-dealkylation sites (N-methyl/N-ethyl adjacent to an activating group) is 1. The van der Waals surface area contributed by atoms with Crippen molar-refractivity contribution in [3.8, 4) is 0 Å². The van der Waals surface area contributed by atoms with Gasteiger partial charge in [-0.15, -0.1) is 0 Å². The van der Waals surface area contributed by atoms with Crippen LogP contribution in [0.1, 0.15) is 24.2 Å². The molecule has 0 bridgehead atoms. The van der Waals surface area contributed by atoms with Crippen LogP contribution in [0, 0.1) is 0 Å². The van der Waals surface area contributed by atoms with E-state index in [4.69, 9.17) is 11.5 Å². The molecule has 5 nitrogen and oxygen atoms in total. The highest BCUT2D eigenvalue weighted by atomic mass is 16.1. The molecule has 4 N–H and O–H groups in total. The Morgan fingerprint density at radius 2 is 2.00 bits per heavy atom. The van der Waals surface area contributed by atoms with Gasteiger partial charge in [0.2, 0.25) is 0 Å². The molecule has 1 aromatic rings. The number of para-hydroxylation sites is 1. The second-order valence-electron chi connectivity index (χ2n) is 5.76. The predicted octanol–water partition coefficient (Wildman–Crippen LogP) is 0.898. The van der Waals surface area contributed by atoms with Crippen molar-refractivity contribution in [1.29, 1.82) is 0 Å². The van der Waals surface area contributed by atoms with Gasteiger partial charge in [-0.2, -0.15) is 0 Å². The third-order valence-electron chi connectivity index (χ3n) is 3.97. The van der Waals surface area contributed by atoms with Crippen LogP contribution in [0.4, 0.5) is 11.4 Å². The lowest BCUT2D eigenvalue weighted by atomic mass is 9.98. The third-order valence-corrected chi connectivity index (χ3v) is 3.97. The van der Waals surface area contributed by atoms with Gasteiger partial charge < -0.3 is 16.4 Å². The van der Waals surface area contributed by atoms with Crippen LogP contribution in [0.15, 0.2) is 18.2 Å². The van der Waals surface area contributed by atoms with Crippen LogP contribution in [-0.4, -0.2) is 43.0 Å². The molecule has 0 spiro atoms. The van der Waals surface area contributed by atoms with E-state index in [-0.39, 0.29) is 5.54 Å². The summed E-state index contributed by atoms with van der Waals surface area (Å²) >= 11 is 0. The number of nitrogen functional groups attached to an aromatic ring is 1. The zero-order valence-corrected chi connectivity index (χ0v) is 11.8. The Kier molecular flexibility index (Phi) is 3.41. The van der Waals surface area contributed by atoms with E-state index in [9.17, 15) is 4.79 Å². The zero-order valence-electron chi connectivity index (χ0n) is 11.8. The van der Waals surface area contributed by atoms with E-state index >= 15 is 0 Å². The van der Waals surface area contributed by atoms with Crippen LogP contribution in [0.5, 0.6) is 0 Å². The van der Waals surface area contributed by atoms with Crippen LogP contribution in [0.25, 0.3) is 0 Å². The number of nitrogens with two attached hydrogens (primary N) is 2. The van der Waals surface area contributed by atoms with Crippen molar-refractivity contribution >= 4 is 17.3 Å². The van der Waals surface area contributed by atoms with E-state index in [2.05, 4.69) is 30.7 Å². The summed E-state index contributed by atoms with van der Waals surface area (Å²) in [4.78, 5) is 16.0. The minimum atomic E-state index is -0.431. The number of anilines is 2. The van der Waals surface area contributed by atoms with E-state index in [0.717, 1.165) is 25.3 Å². The maximum Gasteiger partial charge on any atom is 0.250 e. The molecule has 1 amide bonds. The zero-order chi connectivity index (χ0) is 14.2. The van der Waals surface area contributed by atoms with Gasteiger partial charge in [0.05, 0.1) is 16.9 Å². The highest BCUT2D eigenvalue weighted by Crippen LogP contribution is 2.31. The van der Waals surface area contributed by atoms with Crippen molar-refractivity contribution in [2.75, 3.05) is 37.3 Å². The Balaban J connectivity index is 2.40. The Labute approximate surface area is 114 Å². The smallest absolute Gasteiger partial charge is 0.250 e. The minimum absolute atomic E-state index is 0.0372. The molecule has 5 heteroatoms. The van der Waals surface area contributed by atoms with Gasteiger partial charge in [0.25, 0.3) is 5.91 Å². The molecule has 0 unspecified atom stereocenters. The number of benzene rings is 1. The number of nitrogens with zero attached hydrogens (tertiary/aromatic N) is 2. The molecule has 0 aliphatic carbocycles. The summed E-state index contributed by atoms with van der Waals surface area (Å²) in [6.07, 6.45) is 0. The lowest BCUT2D eigenvalue weighted by Gasteiger charge is -2.46. The molecule has 0 atom stereocenters. The molecular weight excluding hydrogens is 240 g/mol. The van der Waals surface area contributed by atoms with E-state index in [1.165, 1.54) is 0 Å². The van der Waals surface area contributed by atoms with E-state index < -0.39 is 5.91 Å². The molecule has 0 saturated carbocycles. The maximum absolute atomic E-state index is 11.6. The highest BCUT2D eigenvalue weighted by Gasteiger charge is 2.32. The fraction of sp³-hybridized carbons (Fsp3) is 0.500. The molecule has 1 heterocycles. The first-order valence-corrected chi connectivity index (χ1v) is 6.47. The van der Waals surface area contributed by atoms with Crippen molar-refractivity contribution in [3.05, 3.63) is 23.8 Å². The third kappa shape index (κ3) is 2.51. The number of primary amides is 1. The first kappa shape index (κ1) is 13.7. The van der Waals surface area contributed by atoms with Crippen LogP contribution in [-0.2, 0) is 0 Å². The number of hydrogen-bond acceptors (Lipinski definition) is 4. The standard InChI is InChI=1S/C14H22N4O/c1-14(2)9-18(8-7-17(14)3)12-10(13(16)19)5-4-6-11(12)15/h4-6H,7-9,15H2,1-3H3,(H2,16,19). The van der Waals surface area contributed by atoms with Crippen molar-refractivity contribution in [2.24, 2.45) is 5.73 Å². The van der Waals surface area contributed by atoms with Crippen molar-refractivity contribution in [1.82, 2.24) is 4.90 Å². The topological polar surface area (TPSA) is 75.6 Å². The van der Waals surface area contributed by atoms with Crippen molar-refractivity contribution in [2.45, 2.75) is 19.4 Å². The molecule has 0 aromatic heterocycles. The van der Waals surface area contributed by atoms with E-state index in [0.29, 0.717) is 11.3 Å². The molecule has 1 aliphatic heterocycles. The van der Waals surface area contributed by atoms with E-state index in [1.54, 1.807) is 12.1 Å². The summed E-state index contributed by atoms with van der Waals surface area (Å²) in [6, 6.07) is 5.31. The van der Waals surface area contributed by atoms with Crippen LogP contribution in [0.3, 0.4) is 0 Å². The van der Waals surface area contributed by atoms with Gasteiger partial charge in [-0.05, 0) is 33.0 Å². The second-order valence-corrected chi connectivity index (χ2v) is 5.76. The van der Waals surface area contributed by atoms with Crippen LogP contribution in [0.2, 0.25) is 0 Å². The molecular formula is C14H22N4O. The fourth-order valence-corrected chi connectivity index (χ4v) is 2.54. The van der Waals surface area contributed by atoms with Gasteiger partial charge in [-0.25, -0.2) is 0 Å². The fourth-order valence-electron chi connectivity index (χ4n) is 2.54. The highest BCUT2D eigenvalue weighted by molar-refractivity contribution is 6.01. The summed E-state index contributed by atoms with van der Waals surface area (Å²) in [5, 5.41) is 0. The van der Waals surface area contributed by atoms with Gasteiger partial charge in [-0.1, -0.05) is 6.07 Å². The molecule has 0 radical (unpaired) electrons. The molecule has 19 heavy (non-hydrogen) atoms. The maximum atomic E-state index is 11.6. The van der Waals surface area contributed by atoms with E-state index in [1.807, 2.05) is 6.07 Å². The molecule has 104 valence electrons. The monoisotopic (exact) mass is 262 g/mol. The van der Waals surface area contributed by atoms with Crippen LogP contribution >= 0.6 is 0 Å². The SMILES string of the molecule is CN1CCN(c2c(N)cccc2C(N)=O)CC1(C)C. The van der Waals surface area contributed by atoms with Gasteiger partial charge in [-0.3, -0.25) is 9.69 Å². The van der Waals surface area contributed by atoms with Crippen molar-refractivity contribution < 1.29 is 4.79 Å². The molecule has 1 aliphatic rings. The summed E-state index contributed by atoms with van der Waals surface area (Å²) in [6.45, 7) is 6.95. The largest absolute Gasteiger partial charge is 0.397 e. The summed E-state index contributed by atoms with van der Waals surface area (Å²) in [7, 11) is 2.11. The molecule has 1 aromatic carbocycles. The average Bonchev–Trinajstić information content (AvgIpc) is 2.32. The van der Waals surface area contributed by atoms with Gasteiger partial charge in [0.1, 0.15) is 0 Å². The Bertz CT molecular complexity index is 498. The average molecular weight is 262 g/mol. The van der Waals surface area contributed by atoms with Gasteiger partial charge in [0, 0.05) is 25.2 Å². The predicted molar refractivity (Wildman–Crippen MR) is 78.3 cm³/mol. The van der Waals surface area contributed by atoms with Gasteiger partial charge >= 0.3 is 0 Å². The Hall–Kier alpha value is -1.75. The Morgan fingerprint density at radius 3 is 2.58 bits per heavy atom. The number of carbonyl (C=O) groups excluding carboxylic acids is 1. The second kappa shape index (κ2) is 4.74. The normalized spacial score (nSPS) is 19.4. The molecule has 1 saturated heterocycles. The van der Waals surface area contributed by atoms with Gasteiger partial charge in [0.15, 0.2) is 0 Å². The lowest BCUT2D eigenvalue weighted by Crippen LogP contribution is -2.58. The number of piperazine rings is 1. The first-order chi connectivity index (χ1) is 8.83.